The Hall–Kier alpha value is -3.10. The summed E-state index contributed by atoms with van der Waals surface area (Å²) in [7, 11) is 0. The normalized spacial score (nSPS) is 13.2. The van der Waals surface area contributed by atoms with E-state index in [1.165, 1.54) is 12.1 Å². The van der Waals surface area contributed by atoms with Crippen LogP contribution in [0, 0.1) is 10.1 Å². The van der Waals surface area contributed by atoms with Crippen molar-refractivity contribution in [3.05, 3.63) is 39.4 Å². The Morgan fingerprint density at radius 3 is 2.58 bits per heavy atom. The summed E-state index contributed by atoms with van der Waals surface area (Å²) in [6, 6.07) is 2.21. The van der Waals surface area contributed by atoms with Gasteiger partial charge in [-0.3, -0.25) is 29.8 Å². The van der Waals surface area contributed by atoms with Crippen LogP contribution in [0.2, 0.25) is 0 Å². The zero-order chi connectivity index (χ0) is 14.2. The van der Waals surface area contributed by atoms with E-state index in [9.17, 15) is 29.3 Å². The summed E-state index contributed by atoms with van der Waals surface area (Å²) >= 11 is 0. The molecule has 0 radical (unpaired) electrons. The average molecular weight is 263 g/mol. The van der Waals surface area contributed by atoms with E-state index >= 15 is 0 Å². The van der Waals surface area contributed by atoms with Crippen LogP contribution in [0.25, 0.3) is 0 Å². The number of hydrogen-bond acceptors (Lipinski definition) is 6. The van der Waals surface area contributed by atoms with Gasteiger partial charge >= 0.3 is 6.03 Å². The zero-order valence-corrected chi connectivity index (χ0v) is 9.15. The first-order valence-corrected chi connectivity index (χ1v) is 4.89. The number of fused-ring (bicyclic) bond motifs is 1. The van der Waals surface area contributed by atoms with Gasteiger partial charge in [-0.1, -0.05) is 6.07 Å². The van der Waals surface area contributed by atoms with Crippen LogP contribution in [0.3, 0.4) is 0 Å². The van der Waals surface area contributed by atoms with Crippen LogP contribution in [0.5, 0.6) is 0 Å². The smallest absolute Gasteiger partial charge is 0.280 e. The van der Waals surface area contributed by atoms with E-state index in [0.29, 0.717) is 0 Å². The highest BCUT2D eigenvalue weighted by molar-refractivity contribution is 6.30. The summed E-state index contributed by atoms with van der Waals surface area (Å²) < 4.78 is 0. The number of amides is 5. The van der Waals surface area contributed by atoms with Crippen molar-refractivity contribution in [2.24, 2.45) is 0 Å². The molecule has 0 bridgehead atoms. The minimum Gasteiger partial charge on any atom is -0.280 e. The van der Waals surface area contributed by atoms with Crippen LogP contribution < -0.4 is 5.32 Å². The van der Waals surface area contributed by atoms with Gasteiger partial charge in [-0.05, 0) is 6.07 Å². The summed E-state index contributed by atoms with van der Waals surface area (Å²) in [6.07, 6.45) is 0.000290. The lowest BCUT2D eigenvalue weighted by Gasteiger charge is -2.09. The van der Waals surface area contributed by atoms with Gasteiger partial charge in [-0.25, -0.2) is 4.79 Å². The number of nitrogens with zero attached hydrogens (tertiary/aromatic N) is 2. The second-order valence-electron chi connectivity index (χ2n) is 3.47. The third-order valence-corrected chi connectivity index (χ3v) is 2.48. The second-order valence-corrected chi connectivity index (χ2v) is 3.47. The zero-order valence-electron chi connectivity index (χ0n) is 9.15. The first kappa shape index (κ1) is 12.4. The Bertz CT molecular complexity index is 638. The summed E-state index contributed by atoms with van der Waals surface area (Å²) in [5, 5.41) is 12.4. The largest absolute Gasteiger partial charge is 0.338 e. The quantitative estimate of drug-likeness (QED) is 0.348. The van der Waals surface area contributed by atoms with Crippen molar-refractivity contribution in [3.63, 3.8) is 0 Å². The maximum Gasteiger partial charge on any atom is 0.338 e. The van der Waals surface area contributed by atoms with Gasteiger partial charge in [0.2, 0.25) is 6.41 Å². The van der Waals surface area contributed by atoms with E-state index < -0.39 is 34.0 Å². The Morgan fingerprint density at radius 2 is 2.00 bits per heavy atom. The average Bonchev–Trinajstić information content (AvgIpc) is 2.62. The van der Waals surface area contributed by atoms with Crippen LogP contribution in [-0.4, -0.2) is 34.1 Å². The molecule has 0 fully saturated rings. The van der Waals surface area contributed by atoms with Gasteiger partial charge in [-0.2, -0.15) is 4.90 Å². The SMILES string of the molecule is O=CNC(=O)N1C(=O)c2cccc([N+](=O)[O-])c2C1=O. The number of nitrogens with one attached hydrogen (secondary N) is 1. The highest BCUT2D eigenvalue weighted by atomic mass is 16.6. The summed E-state index contributed by atoms with van der Waals surface area (Å²) in [6.45, 7) is 0. The number of carbonyl (C=O) groups excluding carboxylic acids is 4. The van der Waals surface area contributed by atoms with Gasteiger partial charge < -0.3 is 0 Å². The van der Waals surface area contributed by atoms with Crippen LogP contribution in [0.15, 0.2) is 18.2 Å². The van der Waals surface area contributed by atoms with Crippen LogP contribution in [-0.2, 0) is 4.79 Å². The molecule has 9 nitrogen and oxygen atoms in total. The molecule has 0 saturated heterocycles. The van der Waals surface area contributed by atoms with Gasteiger partial charge in [0.1, 0.15) is 5.56 Å². The molecule has 96 valence electrons. The Balaban J connectivity index is 2.56. The van der Waals surface area contributed by atoms with Crippen LogP contribution in [0.4, 0.5) is 10.5 Å². The van der Waals surface area contributed by atoms with E-state index in [1.807, 2.05) is 0 Å². The predicted molar refractivity (Wildman–Crippen MR) is 58.2 cm³/mol. The maximum atomic E-state index is 11.9. The van der Waals surface area contributed by atoms with E-state index in [0.717, 1.165) is 6.07 Å². The fourth-order valence-electron chi connectivity index (χ4n) is 1.72. The lowest BCUT2D eigenvalue weighted by atomic mass is 10.1. The Morgan fingerprint density at radius 1 is 1.32 bits per heavy atom. The molecule has 1 N–H and O–H groups in total. The molecule has 0 aromatic heterocycles. The van der Waals surface area contributed by atoms with Crippen molar-refractivity contribution in [1.82, 2.24) is 10.2 Å². The molecule has 1 aliphatic rings. The number of hydrogen-bond donors (Lipinski definition) is 1. The van der Waals surface area contributed by atoms with Gasteiger partial charge in [0.15, 0.2) is 0 Å². The van der Waals surface area contributed by atoms with Crippen molar-refractivity contribution >= 4 is 29.9 Å². The standard InChI is InChI=1S/C10H5N3O6/c14-4-11-10(17)12-8(15)5-2-1-3-6(13(18)19)7(5)9(12)16/h1-4H,(H,11,14,17). The molecule has 0 saturated carbocycles. The number of urea groups is 1. The number of rotatable bonds is 2. The first-order chi connectivity index (χ1) is 8.99. The fraction of sp³-hybridized carbons (Fsp3) is 0. The number of benzene rings is 1. The van der Waals surface area contributed by atoms with E-state index in [1.54, 1.807) is 5.32 Å². The lowest BCUT2D eigenvalue weighted by Crippen LogP contribution is -2.42. The fourth-order valence-corrected chi connectivity index (χ4v) is 1.72. The Kier molecular flexibility index (Phi) is 2.79. The molecule has 0 spiro atoms. The van der Waals surface area contributed by atoms with Gasteiger partial charge in [0, 0.05) is 6.07 Å². The minimum atomic E-state index is -1.25. The number of carbonyl (C=O) groups is 4. The number of imide groups is 4. The van der Waals surface area contributed by atoms with Gasteiger partial charge in [0.05, 0.1) is 10.5 Å². The monoisotopic (exact) mass is 263 g/mol. The van der Waals surface area contributed by atoms with Crippen molar-refractivity contribution in [1.29, 1.82) is 0 Å². The molecule has 0 atom stereocenters. The van der Waals surface area contributed by atoms with Crippen molar-refractivity contribution < 1.29 is 24.1 Å². The van der Waals surface area contributed by atoms with E-state index in [-0.39, 0.29) is 16.9 Å². The third-order valence-electron chi connectivity index (χ3n) is 2.48. The summed E-state index contributed by atoms with van der Waals surface area (Å²) in [5.74, 6) is -2.14. The number of nitro benzene ring substituents is 1. The van der Waals surface area contributed by atoms with Crippen molar-refractivity contribution in [3.8, 4) is 0 Å². The predicted octanol–water partition coefficient (Wildman–Crippen LogP) is 0.0568. The molecule has 2 rings (SSSR count). The van der Waals surface area contributed by atoms with Crippen LogP contribution >= 0.6 is 0 Å². The molecule has 19 heavy (non-hydrogen) atoms. The molecule has 0 aliphatic carbocycles. The molecular formula is C10H5N3O6. The molecule has 0 unspecified atom stereocenters. The lowest BCUT2D eigenvalue weighted by molar-refractivity contribution is -0.385. The molecule has 1 aliphatic heterocycles. The van der Waals surface area contributed by atoms with E-state index in [4.69, 9.17) is 0 Å². The first-order valence-electron chi connectivity index (χ1n) is 4.89. The third kappa shape index (κ3) is 1.73. The highest BCUT2D eigenvalue weighted by Crippen LogP contribution is 2.30. The topological polar surface area (TPSA) is 127 Å². The van der Waals surface area contributed by atoms with Crippen molar-refractivity contribution in [2.45, 2.75) is 0 Å². The molecule has 5 amide bonds. The Labute approximate surface area is 104 Å². The molecular weight excluding hydrogens is 258 g/mol. The summed E-state index contributed by atoms with van der Waals surface area (Å²) in [4.78, 5) is 55.3. The highest BCUT2D eigenvalue weighted by Gasteiger charge is 2.44. The van der Waals surface area contributed by atoms with E-state index in [2.05, 4.69) is 0 Å². The molecule has 9 heteroatoms. The summed E-state index contributed by atoms with van der Waals surface area (Å²) in [5.41, 5.74) is -1.28. The second kappa shape index (κ2) is 4.29. The molecule has 1 heterocycles. The maximum absolute atomic E-state index is 11.9. The molecule has 1 aromatic rings. The van der Waals surface area contributed by atoms with Crippen LogP contribution in [0.1, 0.15) is 20.7 Å². The minimum absolute atomic E-state index is 0.000290. The molecule has 1 aromatic carbocycles. The van der Waals surface area contributed by atoms with Gasteiger partial charge in [0.25, 0.3) is 17.5 Å². The van der Waals surface area contributed by atoms with Crippen molar-refractivity contribution in [2.75, 3.05) is 0 Å². The number of nitro groups is 1. The van der Waals surface area contributed by atoms with Gasteiger partial charge in [-0.15, -0.1) is 0 Å².